The van der Waals surface area contributed by atoms with Gasteiger partial charge in [-0.2, -0.15) is 5.10 Å². The predicted molar refractivity (Wildman–Crippen MR) is 98.1 cm³/mol. The van der Waals surface area contributed by atoms with E-state index in [9.17, 15) is 9.59 Å². The maximum atomic E-state index is 12.8. The fourth-order valence-corrected chi connectivity index (χ4v) is 3.56. The zero-order valence-corrected chi connectivity index (χ0v) is 14.9. The third-order valence-electron chi connectivity index (χ3n) is 5.23. The van der Waals surface area contributed by atoms with Crippen molar-refractivity contribution < 1.29 is 4.79 Å². The summed E-state index contributed by atoms with van der Waals surface area (Å²) in [5.41, 5.74) is 3.31. The van der Waals surface area contributed by atoms with Gasteiger partial charge in [0.05, 0.1) is 17.3 Å². The average Bonchev–Trinajstić information content (AvgIpc) is 3.04. The van der Waals surface area contributed by atoms with Crippen LogP contribution in [0.25, 0.3) is 11.0 Å². The summed E-state index contributed by atoms with van der Waals surface area (Å²) in [4.78, 5) is 30.9. The van der Waals surface area contributed by atoms with E-state index in [2.05, 4.69) is 10.1 Å². The lowest BCUT2D eigenvalue weighted by molar-refractivity contribution is 0.0712. The van der Waals surface area contributed by atoms with Crippen LogP contribution in [0, 0.1) is 0 Å². The van der Waals surface area contributed by atoms with Crippen molar-refractivity contribution in [2.45, 2.75) is 18.8 Å². The Morgan fingerprint density at radius 3 is 2.65 bits per heavy atom. The largest absolute Gasteiger partial charge is 0.339 e. The summed E-state index contributed by atoms with van der Waals surface area (Å²) < 4.78 is 3.30. The average molecular weight is 351 g/mol. The van der Waals surface area contributed by atoms with Crippen LogP contribution in [0.1, 0.15) is 34.7 Å². The second-order valence-corrected chi connectivity index (χ2v) is 6.87. The minimum atomic E-state index is 0.00280. The summed E-state index contributed by atoms with van der Waals surface area (Å²) in [5, 5.41) is 4.17. The number of aryl methyl sites for hydroxylation is 2. The Bertz CT molecular complexity index is 1030. The highest BCUT2D eigenvalue weighted by molar-refractivity contribution is 5.96. The molecule has 4 heterocycles. The van der Waals surface area contributed by atoms with Gasteiger partial charge in [-0.3, -0.25) is 19.3 Å². The van der Waals surface area contributed by atoms with Crippen LogP contribution in [0.4, 0.5) is 0 Å². The number of carbonyl (C=O) groups is 1. The van der Waals surface area contributed by atoms with Crippen LogP contribution >= 0.6 is 0 Å². The van der Waals surface area contributed by atoms with E-state index in [1.165, 1.54) is 0 Å². The summed E-state index contributed by atoms with van der Waals surface area (Å²) in [7, 11) is 3.59. The van der Waals surface area contributed by atoms with Crippen molar-refractivity contribution in [3.63, 3.8) is 0 Å². The van der Waals surface area contributed by atoms with Gasteiger partial charge in [0.15, 0.2) is 0 Å². The Kier molecular flexibility index (Phi) is 4.06. The number of pyridine rings is 2. The first-order valence-electron chi connectivity index (χ1n) is 8.76. The molecule has 0 bridgehead atoms. The molecule has 4 rings (SSSR count). The molecule has 7 heteroatoms. The van der Waals surface area contributed by atoms with E-state index in [4.69, 9.17) is 0 Å². The first kappa shape index (κ1) is 16.5. The number of piperidine rings is 1. The summed E-state index contributed by atoms with van der Waals surface area (Å²) in [6.45, 7) is 1.37. The number of aromatic nitrogens is 4. The monoisotopic (exact) mass is 351 g/mol. The van der Waals surface area contributed by atoms with E-state index >= 15 is 0 Å². The lowest BCUT2D eigenvalue weighted by atomic mass is 9.90. The Morgan fingerprint density at radius 2 is 1.92 bits per heavy atom. The molecule has 3 aromatic rings. The maximum absolute atomic E-state index is 12.8. The molecule has 0 atom stereocenters. The molecule has 26 heavy (non-hydrogen) atoms. The maximum Gasteiger partial charge on any atom is 0.255 e. The topological polar surface area (TPSA) is 73.0 Å². The van der Waals surface area contributed by atoms with Gasteiger partial charge >= 0.3 is 0 Å². The summed E-state index contributed by atoms with van der Waals surface area (Å²) in [5.74, 6) is 0.327. The predicted octanol–water partition coefficient (Wildman–Crippen LogP) is 1.69. The molecule has 1 saturated heterocycles. The third-order valence-corrected chi connectivity index (χ3v) is 5.23. The molecule has 1 aliphatic heterocycles. The second kappa shape index (κ2) is 6.40. The van der Waals surface area contributed by atoms with Crippen LogP contribution < -0.4 is 5.56 Å². The minimum absolute atomic E-state index is 0.00280. The standard InChI is InChI=1S/C19H21N5O2/c1-22-6-3-14(10-18(22)25)13-4-7-24(8-5-13)19(26)15-9-17-16(20-11-15)12-21-23(17)2/h3,6,9-13H,4-5,7-8H2,1-2H3. The van der Waals surface area contributed by atoms with Crippen molar-refractivity contribution in [2.24, 2.45) is 14.1 Å². The number of hydrogen-bond acceptors (Lipinski definition) is 4. The third kappa shape index (κ3) is 2.89. The molecule has 0 N–H and O–H groups in total. The van der Waals surface area contributed by atoms with Crippen molar-refractivity contribution in [1.29, 1.82) is 0 Å². The van der Waals surface area contributed by atoms with E-state index < -0.39 is 0 Å². The fourth-order valence-electron chi connectivity index (χ4n) is 3.56. The Labute approximate surface area is 150 Å². The molecule has 0 aliphatic carbocycles. The summed E-state index contributed by atoms with van der Waals surface area (Å²) in [6.07, 6.45) is 6.85. The van der Waals surface area contributed by atoms with E-state index in [-0.39, 0.29) is 11.5 Å². The molecule has 0 saturated carbocycles. The van der Waals surface area contributed by atoms with Crippen molar-refractivity contribution >= 4 is 16.9 Å². The minimum Gasteiger partial charge on any atom is -0.339 e. The van der Waals surface area contributed by atoms with Crippen LogP contribution in [0.2, 0.25) is 0 Å². The number of amides is 1. The highest BCUT2D eigenvalue weighted by atomic mass is 16.2. The fraction of sp³-hybridized carbons (Fsp3) is 0.368. The van der Waals surface area contributed by atoms with Crippen LogP contribution in [-0.2, 0) is 14.1 Å². The molecule has 7 nitrogen and oxygen atoms in total. The van der Waals surface area contributed by atoms with E-state index in [1.807, 2.05) is 30.3 Å². The van der Waals surface area contributed by atoms with Gasteiger partial charge in [-0.15, -0.1) is 0 Å². The molecule has 134 valence electrons. The van der Waals surface area contributed by atoms with Gasteiger partial charge in [-0.05, 0) is 36.5 Å². The quantitative estimate of drug-likeness (QED) is 0.704. The first-order chi connectivity index (χ1) is 12.5. The number of carbonyl (C=O) groups excluding carboxylic acids is 1. The van der Waals surface area contributed by atoms with Gasteiger partial charge in [0.25, 0.3) is 11.5 Å². The van der Waals surface area contributed by atoms with E-state index in [1.54, 1.807) is 34.8 Å². The lowest BCUT2D eigenvalue weighted by Gasteiger charge is -2.32. The second-order valence-electron chi connectivity index (χ2n) is 6.87. The van der Waals surface area contributed by atoms with Gasteiger partial charge in [0.1, 0.15) is 5.52 Å². The molecule has 1 fully saturated rings. The highest BCUT2D eigenvalue weighted by Gasteiger charge is 2.25. The zero-order chi connectivity index (χ0) is 18.3. The van der Waals surface area contributed by atoms with Gasteiger partial charge in [0, 0.05) is 45.6 Å². The van der Waals surface area contributed by atoms with Crippen LogP contribution in [0.3, 0.4) is 0 Å². The van der Waals surface area contributed by atoms with E-state index in [0.29, 0.717) is 24.6 Å². The Morgan fingerprint density at radius 1 is 1.15 bits per heavy atom. The molecule has 1 aliphatic rings. The molecule has 3 aromatic heterocycles. The van der Waals surface area contributed by atoms with Crippen molar-refractivity contribution in [3.05, 3.63) is 58.3 Å². The Hall–Kier alpha value is -2.96. The number of fused-ring (bicyclic) bond motifs is 1. The van der Waals surface area contributed by atoms with Crippen LogP contribution in [0.5, 0.6) is 0 Å². The van der Waals surface area contributed by atoms with Crippen molar-refractivity contribution in [3.8, 4) is 0 Å². The van der Waals surface area contributed by atoms with Gasteiger partial charge < -0.3 is 9.47 Å². The van der Waals surface area contributed by atoms with Gasteiger partial charge in [-0.1, -0.05) is 0 Å². The number of hydrogen-bond donors (Lipinski definition) is 0. The number of likely N-dealkylation sites (tertiary alicyclic amines) is 1. The highest BCUT2D eigenvalue weighted by Crippen LogP contribution is 2.28. The SMILES string of the molecule is Cn1ccc(C2CCN(C(=O)c3cnc4cnn(C)c4c3)CC2)cc1=O. The molecule has 0 unspecified atom stereocenters. The van der Waals surface area contributed by atoms with Crippen LogP contribution in [-0.4, -0.2) is 43.2 Å². The smallest absolute Gasteiger partial charge is 0.255 e. The first-order valence-corrected chi connectivity index (χ1v) is 8.76. The normalized spacial score (nSPS) is 15.5. The number of rotatable bonds is 2. The van der Waals surface area contributed by atoms with Crippen molar-refractivity contribution in [2.75, 3.05) is 13.1 Å². The number of nitrogens with zero attached hydrogens (tertiary/aromatic N) is 5. The van der Waals surface area contributed by atoms with Crippen molar-refractivity contribution in [1.82, 2.24) is 24.2 Å². The summed E-state index contributed by atoms with van der Waals surface area (Å²) >= 11 is 0. The molecular formula is C19H21N5O2. The summed E-state index contributed by atoms with van der Waals surface area (Å²) in [6, 6.07) is 5.57. The van der Waals surface area contributed by atoms with Gasteiger partial charge in [0.2, 0.25) is 0 Å². The lowest BCUT2D eigenvalue weighted by Crippen LogP contribution is -2.38. The molecule has 1 amide bonds. The molecule has 0 spiro atoms. The zero-order valence-electron chi connectivity index (χ0n) is 14.9. The molecule has 0 radical (unpaired) electrons. The Balaban J connectivity index is 1.48. The molecule has 0 aromatic carbocycles. The van der Waals surface area contributed by atoms with Gasteiger partial charge in [-0.25, -0.2) is 0 Å². The molecular weight excluding hydrogens is 330 g/mol. The van der Waals surface area contributed by atoms with E-state index in [0.717, 1.165) is 29.4 Å². The van der Waals surface area contributed by atoms with Crippen LogP contribution in [0.15, 0.2) is 41.6 Å².